The molecule has 0 atom stereocenters. The molecule has 0 aromatic carbocycles. The van der Waals surface area contributed by atoms with Crippen molar-refractivity contribution in [1.29, 1.82) is 0 Å². The van der Waals surface area contributed by atoms with E-state index in [2.05, 4.69) is 29.9 Å². The molecule has 2 fully saturated rings. The lowest BCUT2D eigenvalue weighted by molar-refractivity contribution is -0.0285. The molecule has 2 aliphatic heterocycles. The number of nitrogens with zero attached hydrogens (tertiary/aromatic N) is 9. The number of halogens is 9. The van der Waals surface area contributed by atoms with Crippen LogP contribution < -0.4 is 15.4 Å². The van der Waals surface area contributed by atoms with Gasteiger partial charge in [0.25, 0.3) is 17.4 Å². The fraction of sp³-hybridized carbons (Fsp3) is 0.474. The van der Waals surface area contributed by atoms with Crippen LogP contribution in [-0.2, 0) is 9.47 Å². The van der Waals surface area contributed by atoms with Crippen LogP contribution in [0.1, 0.15) is 41.5 Å². The minimum Gasteiger partial charge on any atom is -0.444 e. The number of nitrogens with one attached hydrogen (secondary N) is 1. The number of H-pyrrole nitrogens is 1. The summed E-state index contributed by atoms with van der Waals surface area (Å²) >= 11 is 18.4. The highest BCUT2D eigenvalue weighted by Crippen LogP contribution is 2.35. The van der Waals surface area contributed by atoms with Crippen molar-refractivity contribution in [3.8, 4) is 22.8 Å². The number of ether oxygens (including phenoxy) is 2. The van der Waals surface area contributed by atoms with E-state index in [-0.39, 0.29) is 75.8 Å². The zero-order chi connectivity index (χ0) is 45.9. The summed E-state index contributed by atoms with van der Waals surface area (Å²) in [5, 5.41) is -0.684. The van der Waals surface area contributed by atoms with Gasteiger partial charge in [-0.2, -0.15) is 8.78 Å². The van der Waals surface area contributed by atoms with E-state index in [9.17, 15) is 40.7 Å². The molecule has 0 aliphatic carbocycles. The second kappa shape index (κ2) is 18.7. The van der Waals surface area contributed by atoms with Crippen molar-refractivity contribution in [2.45, 2.75) is 64.6 Å². The Kier molecular flexibility index (Phi) is 14.4. The summed E-state index contributed by atoms with van der Waals surface area (Å²) in [4.78, 5) is 62.9. The van der Waals surface area contributed by atoms with Crippen LogP contribution in [0.15, 0.2) is 41.5 Å². The van der Waals surface area contributed by atoms with Crippen molar-refractivity contribution in [3.05, 3.63) is 74.1 Å². The van der Waals surface area contributed by atoms with Gasteiger partial charge in [0.05, 0.1) is 26.2 Å². The number of pyridine rings is 2. The quantitative estimate of drug-likeness (QED) is 0.119. The zero-order valence-electron chi connectivity index (χ0n) is 34.1. The first-order chi connectivity index (χ1) is 28.7. The van der Waals surface area contributed by atoms with Gasteiger partial charge in [-0.05, 0) is 53.7 Å². The van der Waals surface area contributed by atoms with Crippen molar-refractivity contribution in [2.24, 2.45) is 0 Å². The fourth-order valence-corrected chi connectivity index (χ4v) is 6.55. The summed E-state index contributed by atoms with van der Waals surface area (Å²) in [6.07, 6.45) is 0.688. The van der Waals surface area contributed by atoms with E-state index < -0.39 is 78.9 Å². The highest BCUT2D eigenvalue weighted by Gasteiger charge is 2.42. The molecule has 2 saturated heterocycles. The molecule has 0 unspecified atom stereocenters. The number of hydrogen-bond acceptors (Lipinski definition) is 12. The third-order valence-corrected chi connectivity index (χ3v) is 9.55. The summed E-state index contributed by atoms with van der Waals surface area (Å²) in [5.41, 5.74) is -1.99. The summed E-state index contributed by atoms with van der Waals surface area (Å²) in [7, 11) is 0. The van der Waals surface area contributed by atoms with E-state index in [4.69, 9.17) is 44.3 Å². The van der Waals surface area contributed by atoms with E-state index >= 15 is 0 Å². The van der Waals surface area contributed by atoms with Crippen LogP contribution in [0.3, 0.4) is 0 Å². The minimum atomic E-state index is -3.33. The van der Waals surface area contributed by atoms with Crippen LogP contribution >= 0.6 is 34.8 Å². The Morgan fingerprint density at radius 1 is 0.677 bits per heavy atom. The maximum Gasteiger partial charge on any atom is 0.410 e. The Morgan fingerprint density at radius 2 is 1.13 bits per heavy atom. The molecule has 1 N–H and O–H groups in total. The number of carbonyl (C=O) groups is 2. The zero-order valence-corrected chi connectivity index (χ0v) is 36.4. The van der Waals surface area contributed by atoms with Gasteiger partial charge < -0.3 is 34.1 Å². The van der Waals surface area contributed by atoms with E-state index in [1.165, 1.54) is 29.4 Å². The van der Waals surface area contributed by atoms with Gasteiger partial charge in [0.15, 0.2) is 22.6 Å². The first-order valence-electron chi connectivity index (χ1n) is 18.7. The maximum absolute atomic E-state index is 14.7. The average molecular weight is 938 g/mol. The van der Waals surface area contributed by atoms with Gasteiger partial charge >= 0.3 is 12.2 Å². The normalized spacial score (nSPS) is 16.8. The monoisotopic (exact) mass is 936 g/mol. The second-order valence-corrected chi connectivity index (χ2v) is 17.2. The van der Waals surface area contributed by atoms with Gasteiger partial charge in [-0.1, -0.05) is 34.8 Å². The Bertz CT molecular complexity index is 2350. The number of aromatic nitrogens is 6. The van der Waals surface area contributed by atoms with Gasteiger partial charge in [-0.15, -0.1) is 0 Å². The first kappa shape index (κ1) is 47.9. The molecule has 6 heterocycles. The highest BCUT2D eigenvalue weighted by atomic mass is 35.5. The molecule has 0 radical (unpaired) electrons. The molecule has 2 aliphatic rings. The third-order valence-electron chi connectivity index (χ3n) is 8.49. The molecule has 4 aromatic heterocycles. The third kappa shape index (κ3) is 12.9. The van der Waals surface area contributed by atoms with Crippen molar-refractivity contribution >= 4 is 58.6 Å². The average Bonchev–Trinajstić information content (AvgIpc) is 3.42. The number of anilines is 2. The van der Waals surface area contributed by atoms with Crippen molar-refractivity contribution in [2.75, 3.05) is 62.2 Å². The number of amides is 2. The number of alkyl halides is 4. The molecule has 0 spiro atoms. The molecular formula is C38H41Cl3F6N10O5. The molecule has 0 saturated carbocycles. The maximum atomic E-state index is 14.7. The smallest absolute Gasteiger partial charge is 0.410 e. The summed E-state index contributed by atoms with van der Waals surface area (Å²) in [5.74, 6) is -8.46. The number of carbonyl (C=O) groups excluding carboxylic acids is 2. The van der Waals surface area contributed by atoms with E-state index in [0.29, 0.717) is 0 Å². The highest BCUT2D eigenvalue weighted by molar-refractivity contribution is 6.42. The van der Waals surface area contributed by atoms with E-state index in [0.717, 1.165) is 26.8 Å². The molecule has 24 heteroatoms. The van der Waals surface area contributed by atoms with Crippen LogP contribution in [0, 0.1) is 11.9 Å². The predicted octanol–water partition coefficient (Wildman–Crippen LogP) is 7.99. The van der Waals surface area contributed by atoms with Gasteiger partial charge in [0.1, 0.15) is 27.1 Å². The van der Waals surface area contributed by atoms with Crippen LogP contribution in [0.5, 0.6) is 0 Å². The number of rotatable bonds is 4. The van der Waals surface area contributed by atoms with Crippen LogP contribution in [0.2, 0.25) is 15.2 Å². The topological polar surface area (TPSA) is 163 Å². The molecule has 0 bridgehead atoms. The number of hydrogen-bond donors (Lipinski definition) is 1. The molecule has 6 rings (SSSR count). The van der Waals surface area contributed by atoms with Gasteiger partial charge in [0.2, 0.25) is 11.9 Å². The van der Waals surface area contributed by atoms with Gasteiger partial charge in [-0.25, -0.2) is 52.1 Å². The summed E-state index contributed by atoms with van der Waals surface area (Å²) in [6, 6.07) is 4.98. The number of aromatic amines is 1. The lowest BCUT2D eigenvalue weighted by atomic mass is 10.2. The standard InChI is InChI=1S/C19H20Cl2F3N5O2.C19H21ClF3N5O3/c1-18(2,3)31-17(30)29-7-6-28(9-19(23,24)10-29)16-13(20)14(21)26-15(27-16)11-4-5-25-12(22)8-11;1-18(2,3)31-17(30)28-7-6-27(9-19(22,23)10-28)15-13(20)16(29)26-14(25-15)11-4-5-24-12(21)8-11/h4-5,8H,6-7,9-10H2,1-3H3;4-5,8H,6-7,9-10H2,1-3H3,(H,25,26,29). The van der Waals surface area contributed by atoms with E-state index in [1.807, 2.05) is 0 Å². The first-order valence-corrected chi connectivity index (χ1v) is 19.8. The summed E-state index contributed by atoms with van der Waals surface area (Å²) < 4.78 is 96.0. The Morgan fingerprint density at radius 3 is 1.60 bits per heavy atom. The second-order valence-electron chi connectivity index (χ2n) is 16.1. The van der Waals surface area contributed by atoms with Gasteiger partial charge in [0, 0.05) is 61.8 Å². The molecule has 62 heavy (non-hydrogen) atoms. The largest absolute Gasteiger partial charge is 0.444 e. The van der Waals surface area contributed by atoms with Gasteiger partial charge in [-0.3, -0.25) is 4.79 Å². The SMILES string of the molecule is CC(C)(C)OC(=O)N1CCN(c2nc(-c3ccnc(F)c3)[nH]c(=O)c2Cl)CC(F)(F)C1.CC(C)(C)OC(=O)N1CCN(c2nc(-c3ccnc(F)c3)nc(Cl)c2Cl)CC(F)(F)C1. The summed E-state index contributed by atoms with van der Waals surface area (Å²) in [6.45, 7) is 6.36. The van der Waals surface area contributed by atoms with Crippen LogP contribution in [-0.4, -0.2) is 127 Å². The predicted molar refractivity (Wildman–Crippen MR) is 218 cm³/mol. The van der Waals surface area contributed by atoms with Crippen molar-refractivity contribution in [3.63, 3.8) is 0 Å². The Labute approximate surface area is 366 Å². The van der Waals surface area contributed by atoms with Crippen molar-refractivity contribution in [1.82, 2.24) is 39.7 Å². The Balaban J connectivity index is 0.000000234. The van der Waals surface area contributed by atoms with Crippen LogP contribution in [0.4, 0.5) is 47.6 Å². The fourth-order valence-electron chi connectivity index (χ4n) is 5.97. The van der Waals surface area contributed by atoms with Crippen molar-refractivity contribution < 1.29 is 45.4 Å². The molecular weight excluding hydrogens is 897 g/mol. The Hall–Kier alpha value is -5.15. The lowest BCUT2D eigenvalue weighted by Gasteiger charge is -2.27. The lowest BCUT2D eigenvalue weighted by Crippen LogP contribution is -2.44. The minimum absolute atomic E-state index is 0.00209. The molecule has 336 valence electrons. The molecule has 4 aromatic rings. The van der Waals surface area contributed by atoms with E-state index in [1.54, 1.807) is 41.5 Å². The molecule has 15 nitrogen and oxygen atoms in total. The van der Waals surface area contributed by atoms with Crippen LogP contribution in [0.25, 0.3) is 22.8 Å². The molecule has 2 amide bonds.